The van der Waals surface area contributed by atoms with E-state index in [0.717, 1.165) is 44.5 Å². The Morgan fingerprint density at radius 2 is 1.57 bits per heavy atom. The lowest BCUT2D eigenvalue weighted by atomic mass is 9.98. The van der Waals surface area contributed by atoms with Crippen LogP contribution < -0.4 is 10.1 Å². The highest BCUT2D eigenvalue weighted by molar-refractivity contribution is 5.95. The Kier molecular flexibility index (Phi) is 6.40. The van der Waals surface area contributed by atoms with Crippen LogP contribution in [-0.2, 0) is 14.3 Å². The molecule has 0 fully saturated rings. The maximum Gasteiger partial charge on any atom is 0.313 e. The van der Waals surface area contributed by atoms with Gasteiger partial charge in [0.2, 0.25) is 0 Å². The van der Waals surface area contributed by atoms with Crippen molar-refractivity contribution in [3.63, 3.8) is 0 Å². The molecule has 0 saturated carbocycles. The molecule has 3 aromatic carbocycles. The molecule has 0 aliphatic heterocycles. The molecule has 1 N–H and O–H groups in total. The van der Waals surface area contributed by atoms with Crippen molar-refractivity contribution in [1.29, 1.82) is 0 Å². The zero-order valence-electron chi connectivity index (χ0n) is 18.0. The fourth-order valence-corrected chi connectivity index (χ4v) is 3.59. The second-order valence-corrected chi connectivity index (χ2v) is 7.62. The van der Waals surface area contributed by atoms with Crippen LogP contribution in [0.1, 0.15) is 35.1 Å². The Morgan fingerprint density at radius 3 is 2.23 bits per heavy atom. The summed E-state index contributed by atoms with van der Waals surface area (Å²) >= 11 is 0. The predicted octanol–water partition coefficient (Wildman–Crippen LogP) is 5.06. The largest absolute Gasteiger partial charge is 0.497 e. The second kappa shape index (κ2) is 8.99. The highest BCUT2D eigenvalue weighted by atomic mass is 16.5. The van der Waals surface area contributed by atoms with Gasteiger partial charge in [-0.25, -0.2) is 0 Å². The van der Waals surface area contributed by atoms with Crippen LogP contribution in [0.4, 0.5) is 5.69 Å². The molecule has 0 radical (unpaired) electrons. The molecule has 1 amide bonds. The fraction of sp³-hybridized carbons (Fsp3) is 0.280. The van der Waals surface area contributed by atoms with Crippen LogP contribution in [0.2, 0.25) is 0 Å². The minimum Gasteiger partial charge on any atom is -0.497 e. The first-order chi connectivity index (χ1) is 14.3. The Balaban J connectivity index is 1.63. The van der Waals surface area contributed by atoms with Crippen molar-refractivity contribution >= 4 is 28.3 Å². The number of hydrogen-bond donors (Lipinski definition) is 1. The van der Waals surface area contributed by atoms with E-state index >= 15 is 0 Å². The van der Waals surface area contributed by atoms with Gasteiger partial charge in [-0.2, -0.15) is 0 Å². The summed E-state index contributed by atoms with van der Waals surface area (Å²) in [6.45, 7) is 7.36. The fourth-order valence-electron chi connectivity index (χ4n) is 3.59. The standard InChI is InChI=1S/C25H27NO4/c1-15-10-16(2)24(17(3)11-15)26-23(27)14-30-25(28)18(4)19-6-7-21-13-22(29-5)9-8-20(21)12-19/h6-13,18H,14H2,1-5H3,(H,26,27)/t18-/m0/s1. The molecule has 0 aliphatic carbocycles. The van der Waals surface area contributed by atoms with E-state index in [1.54, 1.807) is 14.0 Å². The van der Waals surface area contributed by atoms with Crippen molar-refractivity contribution < 1.29 is 19.1 Å². The molecule has 0 aliphatic rings. The van der Waals surface area contributed by atoms with Crippen LogP contribution >= 0.6 is 0 Å². The summed E-state index contributed by atoms with van der Waals surface area (Å²) in [4.78, 5) is 24.8. The van der Waals surface area contributed by atoms with E-state index in [9.17, 15) is 9.59 Å². The summed E-state index contributed by atoms with van der Waals surface area (Å²) in [5, 5.41) is 4.89. The smallest absolute Gasteiger partial charge is 0.313 e. The summed E-state index contributed by atoms with van der Waals surface area (Å²) in [6, 6.07) is 15.6. The minimum absolute atomic E-state index is 0.319. The number of methoxy groups -OCH3 is 1. The Bertz CT molecular complexity index is 1080. The first-order valence-corrected chi connectivity index (χ1v) is 9.90. The van der Waals surface area contributed by atoms with Gasteiger partial charge in [0, 0.05) is 5.69 Å². The summed E-state index contributed by atoms with van der Waals surface area (Å²) in [6.07, 6.45) is 0. The number of esters is 1. The highest BCUT2D eigenvalue weighted by Crippen LogP contribution is 2.26. The monoisotopic (exact) mass is 405 g/mol. The molecule has 5 nitrogen and oxygen atoms in total. The molecule has 0 aromatic heterocycles. The van der Waals surface area contributed by atoms with Gasteiger partial charge in [0.25, 0.3) is 5.91 Å². The number of fused-ring (bicyclic) bond motifs is 1. The number of amides is 1. The lowest BCUT2D eigenvalue weighted by Gasteiger charge is -2.15. The van der Waals surface area contributed by atoms with Crippen molar-refractivity contribution in [3.8, 4) is 5.75 Å². The van der Waals surface area contributed by atoms with Gasteiger partial charge in [0.15, 0.2) is 6.61 Å². The van der Waals surface area contributed by atoms with Crippen molar-refractivity contribution in [2.45, 2.75) is 33.6 Å². The van der Waals surface area contributed by atoms with Gasteiger partial charge in [0.1, 0.15) is 5.75 Å². The third-order valence-corrected chi connectivity index (χ3v) is 5.21. The molecule has 1 atom stereocenters. The topological polar surface area (TPSA) is 64.6 Å². The number of ether oxygens (including phenoxy) is 2. The number of hydrogen-bond acceptors (Lipinski definition) is 4. The number of carbonyl (C=O) groups excluding carboxylic acids is 2. The van der Waals surface area contributed by atoms with Crippen LogP contribution in [-0.4, -0.2) is 25.6 Å². The summed E-state index contributed by atoms with van der Waals surface area (Å²) in [5.41, 5.74) is 4.70. The molecule has 30 heavy (non-hydrogen) atoms. The Labute approximate surface area is 177 Å². The van der Waals surface area contributed by atoms with Gasteiger partial charge in [0.05, 0.1) is 13.0 Å². The zero-order valence-corrected chi connectivity index (χ0v) is 18.0. The van der Waals surface area contributed by atoms with Gasteiger partial charge >= 0.3 is 5.97 Å². The number of rotatable bonds is 6. The molecule has 0 bridgehead atoms. The van der Waals surface area contributed by atoms with Crippen LogP contribution in [0.25, 0.3) is 10.8 Å². The van der Waals surface area contributed by atoms with Gasteiger partial charge in [-0.05, 0) is 67.3 Å². The summed E-state index contributed by atoms with van der Waals surface area (Å²) < 4.78 is 10.5. The lowest BCUT2D eigenvalue weighted by Crippen LogP contribution is -2.23. The third-order valence-electron chi connectivity index (χ3n) is 5.21. The van der Waals surface area contributed by atoms with Crippen LogP contribution in [0.3, 0.4) is 0 Å². The molecule has 0 saturated heterocycles. The Hall–Kier alpha value is -3.34. The van der Waals surface area contributed by atoms with E-state index < -0.39 is 11.9 Å². The zero-order chi connectivity index (χ0) is 21.8. The Morgan fingerprint density at radius 1 is 0.933 bits per heavy atom. The minimum atomic E-state index is -0.479. The summed E-state index contributed by atoms with van der Waals surface area (Å²) in [7, 11) is 1.63. The van der Waals surface area contributed by atoms with E-state index in [-0.39, 0.29) is 12.5 Å². The van der Waals surface area contributed by atoms with Crippen molar-refractivity contribution in [1.82, 2.24) is 0 Å². The molecule has 0 spiro atoms. The maximum absolute atomic E-state index is 12.5. The quantitative estimate of drug-likeness (QED) is 0.582. The number of anilines is 1. The van der Waals surface area contributed by atoms with Crippen molar-refractivity contribution in [2.24, 2.45) is 0 Å². The first kappa shape index (κ1) is 21.4. The maximum atomic E-state index is 12.5. The SMILES string of the molecule is COc1ccc2cc([C@H](C)C(=O)OCC(=O)Nc3c(C)cc(C)cc3C)ccc2c1. The van der Waals surface area contributed by atoms with E-state index in [1.807, 2.05) is 69.3 Å². The summed E-state index contributed by atoms with van der Waals surface area (Å²) in [5.74, 6) is -0.480. The first-order valence-electron chi connectivity index (χ1n) is 9.90. The molecular formula is C25H27NO4. The van der Waals surface area contributed by atoms with E-state index in [1.165, 1.54) is 0 Å². The van der Waals surface area contributed by atoms with E-state index in [0.29, 0.717) is 0 Å². The molecule has 0 heterocycles. The number of aryl methyl sites for hydroxylation is 3. The van der Waals surface area contributed by atoms with Gasteiger partial charge in [-0.3, -0.25) is 9.59 Å². The van der Waals surface area contributed by atoms with E-state index in [2.05, 4.69) is 5.32 Å². The molecule has 156 valence electrons. The highest BCUT2D eigenvalue weighted by Gasteiger charge is 2.19. The van der Waals surface area contributed by atoms with Gasteiger partial charge < -0.3 is 14.8 Å². The lowest BCUT2D eigenvalue weighted by molar-refractivity contribution is -0.148. The average molecular weight is 405 g/mol. The number of carbonyl (C=O) groups is 2. The molecule has 0 unspecified atom stereocenters. The van der Waals surface area contributed by atoms with Crippen LogP contribution in [0, 0.1) is 20.8 Å². The number of nitrogens with one attached hydrogen (secondary N) is 1. The second-order valence-electron chi connectivity index (χ2n) is 7.62. The predicted molar refractivity (Wildman–Crippen MR) is 119 cm³/mol. The van der Waals surface area contributed by atoms with Crippen molar-refractivity contribution in [2.75, 3.05) is 19.0 Å². The van der Waals surface area contributed by atoms with Crippen LogP contribution in [0.5, 0.6) is 5.75 Å². The normalized spacial score (nSPS) is 11.8. The molecule has 5 heteroatoms. The molecular weight excluding hydrogens is 378 g/mol. The van der Waals surface area contributed by atoms with Crippen LogP contribution in [0.15, 0.2) is 48.5 Å². The number of benzene rings is 3. The van der Waals surface area contributed by atoms with Crippen molar-refractivity contribution in [3.05, 3.63) is 70.8 Å². The third kappa shape index (κ3) is 4.79. The van der Waals surface area contributed by atoms with Gasteiger partial charge in [-0.1, -0.05) is 42.0 Å². The van der Waals surface area contributed by atoms with Gasteiger partial charge in [-0.15, -0.1) is 0 Å². The molecule has 3 rings (SSSR count). The average Bonchev–Trinajstić information content (AvgIpc) is 2.73. The molecule has 3 aromatic rings. The van der Waals surface area contributed by atoms with E-state index in [4.69, 9.17) is 9.47 Å².